The van der Waals surface area contributed by atoms with Gasteiger partial charge in [-0.05, 0) is 67.8 Å². The summed E-state index contributed by atoms with van der Waals surface area (Å²) in [5, 5.41) is 5.69. The quantitative estimate of drug-likeness (QED) is 0.688. The number of hydrogen-bond donors (Lipinski definition) is 2. The van der Waals surface area contributed by atoms with Crippen LogP contribution < -0.4 is 20.1 Å². The highest BCUT2D eigenvalue weighted by atomic mass is 16.5. The van der Waals surface area contributed by atoms with E-state index in [9.17, 15) is 9.59 Å². The number of carbonyl (C=O) groups is 2. The summed E-state index contributed by atoms with van der Waals surface area (Å²) < 4.78 is 10.5. The summed E-state index contributed by atoms with van der Waals surface area (Å²) in [7, 11) is 1.59. The van der Waals surface area contributed by atoms with Gasteiger partial charge in [0.1, 0.15) is 17.5 Å². The molecule has 0 saturated carbocycles. The zero-order valence-electron chi connectivity index (χ0n) is 16.8. The van der Waals surface area contributed by atoms with Gasteiger partial charge in [-0.3, -0.25) is 9.59 Å². The number of methoxy groups -OCH3 is 1. The van der Waals surface area contributed by atoms with Crippen LogP contribution in [-0.2, 0) is 4.79 Å². The average Bonchev–Trinajstić information content (AvgIpc) is 2.68. The van der Waals surface area contributed by atoms with Gasteiger partial charge in [0.15, 0.2) is 0 Å². The van der Waals surface area contributed by atoms with E-state index < -0.39 is 6.04 Å². The summed E-state index contributed by atoms with van der Waals surface area (Å²) in [6.07, 6.45) is 0.532. The van der Waals surface area contributed by atoms with Crippen molar-refractivity contribution in [1.29, 1.82) is 0 Å². The van der Waals surface area contributed by atoms with Gasteiger partial charge in [-0.2, -0.15) is 0 Å². The number of carbonyl (C=O) groups excluding carboxylic acids is 2. The van der Waals surface area contributed by atoms with Crippen molar-refractivity contribution in [2.45, 2.75) is 33.2 Å². The third-order valence-corrected chi connectivity index (χ3v) is 4.11. The molecule has 0 aliphatic carbocycles. The Morgan fingerprint density at radius 1 is 0.964 bits per heavy atom. The van der Waals surface area contributed by atoms with Crippen LogP contribution in [0.5, 0.6) is 11.5 Å². The number of anilines is 1. The fraction of sp³-hybridized carbons (Fsp3) is 0.364. The molecular formula is C22H28N2O4. The van der Waals surface area contributed by atoms with Gasteiger partial charge in [0.05, 0.1) is 13.7 Å². The normalized spacial score (nSPS) is 11.6. The Morgan fingerprint density at radius 2 is 1.57 bits per heavy atom. The Balaban J connectivity index is 2.06. The van der Waals surface area contributed by atoms with Gasteiger partial charge < -0.3 is 20.1 Å². The Bertz CT molecular complexity index is 770. The molecule has 28 heavy (non-hydrogen) atoms. The topological polar surface area (TPSA) is 76.7 Å². The van der Waals surface area contributed by atoms with Crippen LogP contribution in [0.3, 0.4) is 0 Å². The molecule has 0 aliphatic heterocycles. The predicted molar refractivity (Wildman–Crippen MR) is 110 cm³/mol. The predicted octanol–water partition coefficient (Wildman–Crippen LogP) is 3.88. The Kier molecular flexibility index (Phi) is 7.87. The summed E-state index contributed by atoms with van der Waals surface area (Å²) in [4.78, 5) is 25.3. The zero-order chi connectivity index (χ0) is 20.5. The minimum atomic E-state index is -0.638. The van der Waals surface area contributed by atoms with E-state index in [1.165, 1.54) is 0 Å². The second-order valence-corrected chi connectivity index (χ2v) is 6.83. The van der Waals surface area contributed by atoms with Crippen molar-refractivity contribution in [3.63, 3.8) is 0 Å². The van der Waals surface area contributed by atoms with Gasteiger partial charge in [0, 0.05) is 11.3 Å². The van der Waals surface area contributed by atoms with Crippen LogP contribution >= 0.6 is 0 Å². The number of benzene rings is 2. The first-order chi connectivity index (χ1) is 13.4. The minimum absolute atomic E-state index is 0.243. The van der Waals surface area contributed by atoms with Crippen molar-refractivity contribution in [2.24, 2.45) is 5.92 Å². The lowest BCUT2D eigenvalue weighted by Crippen LogP contribution is -2.44. The largest absolute Gasteiger partial charge is 0.497 e. The van der Waals surface area contributed by atoms with Crippen LogP contribution in [0.15, 0.2) is 48.5 Å². The average molecular weight is 384 g/mol. The number of hydrogen-bond acceptors (Lipinski definition) is 4. The molecule has 0 heterocycles. The molecule has 0 aliphatic rings. The monoisotopic (exact) mass is 384 g/mol. The summed E-state index contributed by atoms with van der Waals surface area (Å²) in [6.45, 7) is 6.49. The first-order valence-electron chi connectivity index (χ1n) is 9.41. The smallest absolute Gasteiger partial charge is 0.251 e. The molecule has 2 amide bonds. The molecule has 0 aromatic heterocycles. The van der Waals surface area contributed by atoms with E-state index >= 15 is 0 Å². The van der Waals surface area contributed by atoms with Crippen molar-refractivity contribution in [1.82, 2.24) is 5.32 Å². The van der Waals surface area contributed by atoms with E-state index in [1.807, 2.05) is 20.8 Å². The number of rotatable bonds is 9. The van der Waals surface area contributed by atoms with E-state index in [2.05, 4.69) is 10.6 Å². The molecule has 0 fully saturated rings. The van der Waals surface area contributed by atoms with Crippen molar-refractivity contribution >= 4 is 17.5 Å². The standard InChI is InChI=1S/C22H28N2O4/c1-5-28-19-10-6-16(7-11-19)21(25)24-20(14-15(2)3)22(26)23-17-8-12-18(27-4)13-9-17/h6-13,15,20H,5,14H2,1-4H3,(H,23,26)(H,24,25)/t20-/m1/s1. The van der Waals surface area contributed by atoms with Gasteiger partial charge in [-0.25, -0.2) is 0 Å². The lowest BCUT2D eigenvalue weighted by Gasteiger charge is -2.20. The van der Waals surface area contributed by atoms with Crippen LogP contribution in [0.4, 0.5) is 5.69 Å². The maximum absolute atomic E-state index is 12.7. The van der Waals surface area contributed by atoms with Gasteiger partial charge in [-0.1, -0.05) is 13.8 Å². The molecule has 2 aromatic rings. The highest BCUT2D eigenvalue weighted by Crippen LogP contribution is 2.17. The minimum Gasteiger partial charge on any atom is -0.497 e. The molecule has 2 N–H and O–H groups in total. The SMILES string of the molecule is CCOc1ccc(C(=O)N[C@H](CC(C)C)C(=O)Nc2ccc(OC)cc2)cc1. The molecule has 6 heteroatoms. The lowest BCUT2D eigenvalue weighted by atomic mass is 10.0. The third-order valence-electron chi connectivity index (χ3n) is 4.11. The lowest BCUT2D eigenvalue weighted by molar-refractivity contribution is -0.118. The fourth-order valence-corrected chi connectivity index (χ4v) is 2.72. The van der Waals surface area contributed by atoms with Crippen molar-refractivity contribution < 1.29 is 19.1 Å². The van der Waals surface area contributed by atoms with Crippen LogP contribution in [0.1, 0.15) is 37.6 Å². The molecule has 0 saturated heterocycles. The molecule has 2 aromatic carbocycles. The van der Waals surface area contributed by atoms with Gasteiger partial charge in [0.2, 0.25) is 5.91 Å². The molecule has 6 nitrogen and oxygen atoms in total. The Hall–Kier alpha value is -3.02. The van der Waals surface area contributed by atoms with Crippen LogP contribution in [0.25, 0.3) is 0 Å². The Morgan fingerprint density at radius 3 is 2.11 bits per heavy atom. The van der Waals surface area contributed by atoms with E-state index in [1.54, 1.807) is 55.6 Å². The van der Waals surface area contributed by atoms with E-state index in [0.717, 1.165) is 0 Å². The molecular weight excluding hydrogens is 356 g/mol. The third kappa shape index (κ3) is 6.30. The van der Waals surface area contributed by atoms with E-state index in [4.69, 9.17) is 9.47 Å². The maximum Gasteiger partial charge on any atom is 0.251 e. The summed E-state index contributed by atoms with van der Waals surface area (Å²) in [5.74, 6) is 1.11. The number of amides is 2. The molecule has 2 rings (SSSR count). The molecule has 0 spiro atoms. The molecule has 150 valence electrons. The second-order valence-electron chi connectivity index (χ2n) is 6.83. The molecule has 1 atom stereocenters. The number of nitrogens with one attached hydrogen (secondary N) is 2. The van der Waals surface area contributed by atoms with Crippen LogP contribution in [-0.4, -0.2) is 31.6 Å². The summed E-state index contributed by atoms with van der Waals surface area (Å²) >= 11 is 0. The van der Waals surface area contributed by atoms with Crippen molar-refractivity contribution in [3.05, 3.63) is 54.1 Å². The van der Waals surface area contributed by atoms with E-state index in [-0.39, 0.29) is 17.7 Å². The van der Waals surface area contributed by atoms with Gasteiger partial charge in [-0.15, -0.1) is 0 Å². The first-order valence-corrected chi connectivity index (χ1v) is 9.41. The van der Waals surface area contributed by atoms with Gasteiger partial charge >= 0.3 is 0 Å². The second kappa shape index (κ2) is 10.3. The highest BCUT2D eigenvalue weighted by molar-refractivity contribution is 6.01. The Labute approximate surface area is 166 Å². The molecule has 0 bridgehead atoms. The fourth-order valence-electron chi connectivity index (χ4n) is 2.72. The van der Waals surface area contributed by atoms with E-state index in [0.29, 0.717) is 35.8 Å². The first kappa shape index (κ1) is 21.3. The van der Waals surface area contributed by atoms with Gasteiger partial charge in [0.25, 0.3) is 5.91 Å². The summed E-state index contributed by atoms with van der Waals surface area (Å²) in [5.41, 5.74) is 1.13. The number of ether oxygens (including phenoxy) is 2. The van der Waals surface area contributed by atoms with Crippen molar-refractivity contribution in [2.75, 3.05) is 19.0 Å². The molecule has 0 unspecified atom stereocenters. The summed E-state index contributed by atoms with van der Waals surface area (Å²) in [6, 6.07) is 13.3. The zero-order valence-corrected chi connectivity index (χ0v) is 16.8. The van der Waals surface area contributed by atoms with Crippen LogP contribution in [0.2, 0.25) is 0 Å². The maximum atomic E-state index is 12.7. The molecule has 0 radical (unpaired) electrons. The van der Waals surface area contributed by atoms with Crippen molar-refractivity contribution in [3.8, 4) is 11.5 Å². The highest BCUT2D eigenvalue weighted by Gasteiger charge is 2.22. The van der Waals surface area contributed by atoms with Crippen LogP contribution in [0, 0.1) is 5.92 Å².